The summed E-state index contributed by atoms with van der Waals surface area (Å²) < 4.78 is 31.8. The maximum absolute atomic E-state index is 15.6. The SMILES string of the molecule is C#CCO[C@H]1CCN(C(=O)[C@@H](NC(=O)[C@H](C)N(C)C(=O)OC(C)(C)C)C(C)(C)C)[C@@H]1C(=O)N[C@@H](Cc1ccc2ccccc2c1)C(=O)NCC[C@@H](C(=O)OC(C)(C)C)n1cc(CO[C@H]2CCN(C(=O)[C@@H](NC(=O)[C@H](C)N(C)C(=O)CC(C)(C)C)C(C)(C)C)[C@@H]2C(=O)N[C@@H](Cc2ccc3ccccc3c2)C(=O)OC2CCCCCC2)nn1. The van der Waals surface area contributed by atoms with Crippen molar-refractivity contribution < 1.29 is 76.4 Å². The molecule has 1 aliphatic carbocycles. The highest BCUT2D eigenvalue weighted by Gasteiger charge is 2.51. The molecule has 116 heavy (non-hydrogen) atoms. The van der Waals surface area contributed by atoms with E-state index in [1.165, 1.54) is 39.5 Å². The molecule has 2 aliphatic heterocycles. The number of hydrogen-bond donors (Lipinski definition) is 5. The number of benzene rings is 4. The monoisotopic (exact) mass is 1600 g/mol. The molecule has 28 heteroatoms. The average Bonchev–Trinajstić information content (AvgIpc) is 1.61. The number of terminal acetylenes is 1. The average molecular weight is 1610 g/mol. The zero-order valence-electron chi connectivity index (χ0n) is 71.3. The quantitative estimate of drug-likeness (QED) is 0.0124. The fourth-order valence-electron chi connectivity index (χ4n) is 14.6. The van der Waals surface area contributed by atoms with Gasteiger partial charge in [-0.25, -0.2) is 19.1 Å². The summed E-state index contributed by atoms with van der Waals surface area (Å²) in [5.74, 6) is -3.82. The Kier molecular flexibility index (Phi) is 31.0. The van der Waals surface area contributed by atoms with Crippen LogP contribution in [0.15, 0.2) is 91.1 Å². The number of hydrogen-bond acceptors (Lipinski definition) is 18. The second-order valence-corrected chi connectivity index (χ2v) is 36.5. The molecule has 28 nitrogen and oxygen atoms in total. The molecule has 0 unspecified atom stereocenters. The van der Waals surface area contributed by atoms with Gasteiger partial charge in [-0.2, -0.15) is 0 Å². The summed E-state index contributed by atoms with van der Waals surface area (Å²) in [6.07, 6.45) is 9.39. The Balaban J connectivity index is 1.06. The molecule has 2 saturated heterocycles. The van der Waals surface area contributed by atoms with E-state index in [2.05, 4.69) is 42.8 Å². The van der Waals surface area contributed by atoms with Crippen LogP contribution in [0.25, 0.3) is 21.5 Å². The fourth-order valence-corrected chi connectivity index (χ4v) is 14.6. The van der Waals surface area contributed by atoms with Crippen molar-refractivity contribution in [1.29, 1.82) is 0 Å². The lowest BCUT2D eigenvalue weighted by Crippen LogP contribution is -2.62. The van der Waals surface area contributed by atoms with Crippen molar-refractivity contribution in [2.24, 2.45) is 16.2 Å². The van der Waals surface area contributed by atoms with E-state index in [4.69, 9.17) is 30.1 Å². The smallest absolute Gasteiger partial charge is 0.410 e. The topological polar surface area (TPSA) is 338 Å². The van der Waals surface area contributed by atoms with Crippen molar-refractivity contribution in [1.82, 2.24) is 61.2 Å². The molecule has 5 N–H and O–H groups in total. The van der Waals surface area contributed by atoms with Crippen molar-refractivity contribution in [2.45, 2.75) is 285 Å². The lowest BCUT2D eigenvalue weighted by atomic mass is 9.85. The molecule has 4 aromatic carbocycles. The molecule has 1 saturated carbocycles. The highest BCUT2D eigenvalue weighted by molar-refractivity contribution is 5.98. The van der Waals surface area contributed by atoms with Crippen LogP contribution in [0.1, 0.15) is 205 Å². The Hall–Kier alpha value is -10.0. The number of nitrogens with one attached hydrogen (secondary N) is 5. The summed E-state index contributed by atoms with van der Waals surface area (Å²) in [4.78, 5) is 166. The number of esters is 2. The van der Waals surface area contributed by atoms with E-state index in [1.54, 1.807) is 97.1 Å². The van der Waals surface area contributed by atoms with Crippen molar-refractivity contribution in [3.05, 3.63) is 108 Å². The van der Waals surface area contributed by atoms with Gasteiger partial charge in [0.1, 0.15) is 77.9 Å². The van der Waals surface area contributed by atoms with Gasteiger partial charge in [0, 0.05) is 53.0 Å². The number of carbonyl (C=O) groups is 11. The third-order valence-corrected chi connectivity index (χ3v) is 21.2. The second-order valence-electron chi connectivity index (χ2n) is 36.5. The van der Waals surface area contributed by atoms with E-state index in [0.717, 1.165) is 57.7 Å². The van der Waals surface area contributed by atoms with Gasteiger partial charge in [-0.05, 0) is 149 Å². The van der Waals surface area contributed by atoms with Crippen molar-refractivity contribution in [3.8, 4) is 12.3 Å². The lowest BCUT2D eigenvalue weighted by Gasteiger charge is -2.37. The Morgan fingerprint density at radius 2 is 1.03 bits per heavy atom. The summed E-state index contributed by atoms with van der Waals surface area (Å²) in [6.45, 7) is 28.9. The van der Waals surface area contributed by atoms with Crippen LogP contribution < -0.4 is 26.6 Å². The van der Waals surface area contributed by atoms with E-state index >= 15 is 24.0 Å². The number of fused-ring (bicyclic) bond motifs is 2. The number of likely N-dealkylation sites (N-methyl/N-ethyl adjacent to an activating group) is 2. The summed E-state index contributed by atoms with van der Waals surface area (Å²) in [5, 5.41) is 27.2. The van der Waals surface area contributed by atoms with E-state index in [-0.39, 0.29) is 94.5 Å². The zero-order chi connectivity index (χ0) is 85.5. The van der Waals surface area contributed by atoms with Crippen LogP contribution in [-0.2, 0) is 91.1 Å². The van der Waals surface area contributed by atoms with Gasteiger partial charge < -0.3 is 65.0 Å². The van der Waals surface area contributed by atoms with E-state index in [0.29, 0.717) is 18.4 Å². The summed E-state index contributed by atoms with van der Waals surface area (Å²) in [7, 11) is 2.95. The van der Waals surface area contributed by atoms with Crippen LogP contribution in [0.4, 0.5) is 4.79 Å². The molecule has 8 rings (SSSR count). The Labute approximate surface area is 683 Å². The minimum atomic E-state index is -1.41. The minimum Gasteiger partial charge on any atom is -0.461 e. The molecule has 0 spiro atoms. The predicted molar refractivity (Wildman–Crippen MR) is 439 cm³/mol. The summed E-state index contributed by atoms with van der Waals surface area (Å²) >= 11 is 0. The molecular formula is C88H124N12O16. The second kappa shape index (κ2) is 39.3. The van der Waals surface area contributed by atoms with Gasteiger partial charge in [-0.1, -0.05) is 171 Å². The number of ether oxygens (including phenoxy) is 5. The van der Waals surface area contributed by atoms with Gasteiger partial charge in [0.05, 0.1) is 25.0 Å². The van der Waals surface area contributed by atoms with Crippen LogP contribution in [0.3, 0.4) is 0 Å². The number of likely N-dealkylation sites (tertiary alicyclic amines) is 2. The Bertz CT molecular complexity index is 4360. The van der Waals surface area contributed by atoms with Crippen LogP contribution >= 0.6 is 0 Å². The molecular weight excluding hydrogens is 1480 g/mol. The number of rotatable bonds is 30. The van der Waals surface area contributed by atoms with Crippen molar-refractivity contribution in [3.63, 3.8) is 0 Å². The first-order chi connectivity index (χ1) is 54.3. The van der Waals surface area contributed by atoms with Crippen LogP contribution in [0, 0.1) is 28.6 Å². The lowest BCUT2D eigenvalue weighted by molar-refractivity contribution is -0.160. The first-order valence-corrected chi connectivity index (χ1v) is 40.6. The first-order valence-electron chi connectivity index (χ1n) is 40.6. The van der Waals surface area contributed by atoms with Crippen molar-refractivity contribution >= 4 is 86.8 Å². The minimum absolute atomic E-state index is 0.0000496. The molecule has 9 amide bonds. The van der Waals surface area contributed by atoms with Gasteiger partial charge in [-0.15, -0.1) is 11.5 Å². The molecule has 3 aliphatic rings. The number of aromatic nitrogens is 3. The number of carbonyl (C=O) groups excluding carboxylic acids is 11. The largest absolute Gasteiger partial charge is 0.461 e. The summed E-state index contributed by atoms with van der Waals surface area (Å²) in [5.41, 5.74) is -2.55. The normalized spacial score (nSPS) is 18.8. The molecule has 0 radical (unpaired) electrons. The molecule has 1 aromatic heterocycles. The van der Waals surface area contributed by atoms with Gasteiger partial charge in [0.2, 0.25) is 47.3 Å². The Morgan fingerprint density at radius 3 is 1.52 bits per heavy atom. The predicted octanol–water partition coefficient (Wildman–Crippen LogP) is 9.40. The molecule has 5 aromatic rings. The van der Waals surface area contributed by atoms with Gasteiger partial charge >= 0.3 is 18.0 Å². The number of amides is 9. The highest BCUT2D eigenvalue weighted by Crippen LogP contribution is 2.33. The van der Waals surface area contributed by atoms with E-state index in [9.17, 15) is 28.8 Å². The van der Waals surface area contributed by atoms with Crippen LogP contribution in [-0.4, -0.2) is 218 Å². The van der Waals surface area contributed by atoms with Crippen LogP contribution in [0.2, 0.25) is 0 Å². The first kappa shape index (κ1) is 91.5. The molecule has 3 heterocycles. The summed E-state index contributed by atoms with van der Waals surface area (Å²) in [6, 6.07) is 15.7. The van der Waals surface area contributed by atoms with Crippen LogP contribution in [0.5, 0.6) is 0 Å². The molecule has 3 fully saturated rings. The maximum atomic E-state index is 15.6. The van der Waals surface area contributed by atoms with Gasteiger partial charge in [0.15, 0.2) is 6.04 Å². The zero-order valence-corrected chi connectivity index (χ0v) is 71.3. The molecule has 0 bridgehead atoms. The van der Waals surface area contributed by atoms with Crippen molar-refractivity contribution in [2.75, 3.05) is 40.3 Å². The highest BCUT2D eigenvalue weighted by atomic mass is 16.6. The standard InChI is InChI=1S/C88H124N12O16/c1-21-46-112-67-41-44-98(79(107)73(86(10,11)12)93-75(103)55(3)97(20)83(111)116-88(16,17)18)70(67)77(105)90-64(49-56-36-38-58-30-26-28-32-60(58)47-56)76(104)89-43-40-66(82(110)115-87(13,14)15)100-52-62(94-95-100)53-113-68-42-45-99(80(108)72(85(7,8)9)92-74(102)54(2)96(19)69(101)51-84(4,5)6)71(68)78(106)91-65(81(109)114-63-34-24-22-23-25-35-63)50-57-37-39-59-31-27-29-33-61(59)48-57/h1,26-33,36-39,47-48,52,54-55,63-68,70-73H,22-25,34-35,40-46,49-51,53H2,2-20H3,(H,89,104)(H,90,105)(H,91,106)(H,92,102)(H,93,103)/t54-,55-,64-,65-,66-,67-,68-,70-,71-,72+,73+/m0/s1. The third kappa shape index (κ3) is 25.5. The molecule has 632 valence electrons. The third-order valence-electron chi connectivity index (χ3n) is 21.2. The fraction of sp³-hybridized carbons (Fsp3) is 0.602. The van der Waals surface area contributed by atoms with E-state index < -0.39 is 148 Å². The molecule has 11 atom stereocenters. The maximum Gasteiger partial charge on any atom is 0.410 e. The van der Waals surface area contributed by atoms with Gasteiger partial charge in [-0.3, -0.25) is 43.3 Å². The Morgan fingerprint density at radius 1 is 0.560 bits per heavy atom. The van der Waals surface area contributed by atoms with E-state index in [1.807, 2.05) is 106 Å². The van der Waals surface area contributed by atoms with Gasteiger partial charge in [0.25, 0.3) is 0 Å². The number of nitrogens with zero attached hydrogens (tertiary/aromatic N) is 7.